The van der Waals surface area contributed by atoms with Crippen molar-refractivity contribution in [2.75, 3.05) is 11.9 Å². The van der Waals surface area contributed by atoms with Gasteiger partial charge in [-0.25, -0.2) is 0 Å². The number of ether oxygens (including phenoxy) is 1. The molecule has 0 aliphatic rings. The Bertz CT molecular complexity index is 888. The number of nitrogens with one attached hydrogen (secondary N) is 1. The van der Waals surface area contributed by atoms with Crippen LogP contribution in [0.5, 0.6) is 5.75 Å². The van der Waals surface area contributed by atoms with Gasteiger partial charge >= 0.3 is 0 Å². The fourth-order valence-corrected chi connectivity index (χ4v) is 2.80. The number of carbonyl (C=O) groups is 1. The molecule has 0 heterocycles. The van der Waals surface area contributed by atoms with Gasteiger partial charge in [0.1, 0.15) is 5.75 Å². The van der Waals surface area contributed by atoms with Crippen LogP contribution in [0.3, 0.4) is 0 Å². The second kappa shape index (κ2) is 8.34. The van der Waals surface area contributed by atoms with Gasteiger partial charge in [-0.15, -0.1) is 0 Å². The quantitative estimate of drug-likeness (QED) is 0.689. The van der Waals surface area contributed by atoms with Gasteiger partial charge in [0.2, 0.25) is 0 Å². The Morgan fingerprint density at radius 3 is 2.46 bits per heavy atom. The van der Waals surface area contributed by atoms with Crippen LogP contribution in [0.4, 0.5) is 5.69 Å². The molecule has 3 aromatic rings. The highest BCUT2D eigenvalue weighted by atomic mass is 16.5. The lowest BCUT2D eigenvalue weighted by atomic mass is 10.0. The number of rotatable bonds is 6. The summed E-state index contributed by atoms with van der Waals surface area (Å²) >= 11 is 0. The van der Waals surface area contributed by atoms with Crippen LogP contribution in [-0.2, 0) is 11.2 Å². The molecule has 26 heavy (non-hydrogen) atoms. The molecule has 3 heteroatoms. The molecule has 0 radical (unpaired) electrons. The third-order valence-corrected chi connectivity index (χ3v) is 4.23. The first kappa shape index (κ1) is 17.7. The third-order valence-electron chi connectivity index (χ3n) is 4.23. The van der Waals surface area contributed by atoms with Crippen molar-refractivity contribution in [1.82, 2.24) is 0 Å². The van der Waals surface area contributed by atoms with E-state index in [1.807, 2.05) is 74.5 Å². The molecule has 3 nitrogen and oxygen atoms in total. The van der Waals surface area contributed by atoms with E-state index in [0.29, 0.717) is 0 Å². The second-order valence-corrected chi connectivity index (χ2v) is 6.43. The Labute approximate surface area is 154 Å². The monoisotopic (exact) mass is 345 g/mol. The number of carbonyl (C=O) groups excluding carboxylic acids is 1. The number of para-hydroxylation sites is 1. The van der Waals surface area contributed by atoms with E-state index in [-0.39, 0.29) is 12.5 Å². The number of hydrogen-bond acceptors (Lipinski definition) is 2. The summed E-state index contributed by atoms with van der Waals surface area (Å²) in [6, 6.07) is 24.1. The normalized spacial score (nSPS) is 10.4. The summed E-state index contributed by atoms with van der Waals surface area (Å²) in [6.07, 6.45) is 0.773. The summed E-state index contributed by atoms with van der Waals surface area (Å²) in [5.74, 6) is 0.587. The predicted molar refractivity (Wildman–Crippen MR) is 106 cm³/mol. The maximum Gasteiger partial charge on any atom is 0.262 e. The number of amides is 1. The summed E-state index contributed by atoms with van der Waals surface area (Å²) in [5, 5.41) is 2.97. The SMILES string of the molecule is Cc1ccc(C)c(OCC(=O)Nc2ccccc2Cc2ccccc2)c1. The van der Waals surface area contributed by atoms with E-state index >= 15 is 0 Å². The first-order valence-electron chi connectivity index (χ1n) is 8.73. The number of benzene rings is 3. The lowest BCUT2D eigenvalue weighted by Gasteiger charge is -2.13. The maximum atomic E-state index is 12.4. The average molecular weight is 345 g/mol. The zero-order chi connectivity index (χ0) is 18.4. The van der Waals surface area contributed by atoms with E-state index in [0.717, 1.165) is 34.5 Å². The van der Waals surface area contributed by atoms with Crippen molar-refractivity contribution in [3.63, 3.8) is 0 Å². The Kier molecular flexibility index (Phi) is 5.69. The van der Waals surface area contributed by atoms with Crippen LogP contribution in [0.25, 0.3) is 0 Å². The van der Waals surface area contributed by atoms with Crippen molar-refractivity contribution in [3.05, 3.63) is 95.1 Å². The van der Waals surface area contributed by atoms with Crippen molar-refractivity contribution in [1.29, 1.82) is 0 Å². The van der Waals surface area contributed by atoms with Crippen LogP contribution >= 0.6 is 0 Å². The summed E-state index contributed by atoms with van der Waals surface area (Å²) < 4.78 is 5.70. The van der Waals surface area contributed by atoms with Gasteiger partial charge in [-0.05, 0) is 54.7 Å². The highest BCUT2D eigenvalue weighted by molar-refractivity contribution is 5.92. The molecule has 0 bridgehead atoms. The average Bonchev–Trinajstić information content (AvgIpc) is 2.65. The molecule has 0 aliphatic heterocycles. The van der Waals surface area contributed by atoms with Gasteiger partial charge in [0, 0.05) is 5.69 Å². The number of anilines is 1. The van der Waals surface area contributed by atoms with Crippen LogP contribution in [0.1, 0.15) is 22.3 Å². The van der Waals surface area contributed by atoms with E-state index in [1.165, 1.54) is 5.56 Å². The molecule has 0 fully saturated rings. The van der Waals surface area contributed by atoms with E-state index in [4.69, 9.17) is 4.74 Å². The molecule has 0 aromatic heterocycles. The largest absolute Gasteiger partial charge is 0.483 e. The van der Waals surface area contributed by atoms with Crippen molar-refractivity contribution >= 4 is 11.6 Å². The van der Waals surface area contributed by atoms with Crippen molar-refractivity contribution < 1.29 is 9.53 Å². The summed E-state index contributed by atoms with van der Waals surface area (Å²) in [4.78, 5) is 12.4. The molecule has 1 amide bonds. The van der Waals surface area contributed by atoms with Crippen LogP contribution < -0.4 is 10.1 Å². The second-order valence-electron chi connectivity index (χ2n) is 6.43. The van der Waals surface area contributed by atoms with Crippen LogP contribution in [0, 0.1) is 13.8 Å². The molecule has 0 unspecified atom stereocenters. The van der Waals surface area contributed by atoms with Crippen LogP contribution in [0.2, 0.25) is 0 Å². The minimum atomic E-state index is -0.161. The standard InChI is InChI=1S/C23H23NO2/c1-17-12-13-18(2)22(14-17)26-16-23(25)24-21-11-7-6-10-20(21)15-19-8-4-3-5-9-19/h3-14H,15-16H2,1-2H3,(H,24,25). The predicted octanol–water partition coefficient (Wildman–Crippen LogP) is 4.91. The highest BCUT2D eigenvalue weighted by Crippen LogP contribution is 2.21. The zero-order valence-electron chi connectivity index (χ0n) is 15.2. The summed E-state index contributed by atoms with van der Waals surface area (Å²) in [5.41, 5.74) is 5.25. The molecular weight excluding hydrogens is 322 g/mol. The fourth-order valence-electron chi connectivity index (χ4n) is 2.80. The molecule has 0 atom stereocenters. The van der Waals surface area contributed by atoms with Gasteiger partial charge in [0.05, 0.1) is 0 Å². The minimum absolute atomic E-state index is 0.00996. The van der Waals surface area contributed by atoms with Gasteiger partial charge in [-0.3, -0.25) is 4.79 Å². The molecule has 132 valence electrons. The number of hydrogen-bond donors (Lipinski definition) is 1. The third kappa shape index (κ3) is 4.73. The van der Waals surface area contributed by atoms with E-state index in [9.17, 15) is 4.79 Å². The summed E-state index contributed by atoms with van der Waals surface area (Å²) in [6.45, 7) is 3.97. The lowest BCUT2D eigenvalue weighted by molar-refractivity contribution is -0.118. The van der Waals surface area contributed by atoms with Gasteiger partial charge in [0.15, 0.2) is 6.61 Å². The van der Waals surface area contributed by atoms with Gasteiger partial charge in [-0.2, -0.15) is 0 Å². The molecular formula is C23H23NO2. The minimum Gasteiger partial charge on any atom is -0.483 e. The molecule has 0 saturated carbocycles. The van der Waals surface area contributed by atoms with Crippen molar-refractivity contribution in [2.45, 2.75) is 20.3 Å². The smallest absolute Gasteiger partial charge is 0.262 e. The van der Waals surface area contributed by atoms with E-state index in [1.54, 1.807) is 0 Å². The Balaban J connectivity index is 1.65. The first-order valence-corrected chi connectivity index (χ1v) is 8.73. The fraction of sp³-hybridized carbons (Fsp3) is 0.174. The lowest BCUT2D eigenvalue weighted by Crippen LogP contribution is -2.21. The molecule has 3 aromatic carbocycles. The maximum absolute atomic E-state index is 12.4. The zero-order valence-corrected chi connectivity index (χ0v) is 15.2. The molecule has 0 spiro atoms. The molecule has 0 saturated heterocycles. The Hall–Kier alpha value is -3.07. The molecule has 3 rings (SSSR count). The molecule has 0 aliphatic carbocycles. The first-order chi connectivity index (χ1) is 12.6. The Morgan fingerprint density at radius 1 is 0.923 bits per heavy atom. The van der Waals surface area contributed by atoms with Crippen LogP contribution in [0.15, 0.2) is 72.8 Å². The Morgan fingerprint density at radius 2 is 1.65 bits per heavy atom. The molecule has 1 N–H and O–H groups in total. The van der Waals surface area contributed by atoms with E-state index in [2.05, 4.69) is 17.4 Å². The van der Waals surface area contributed by atoms with Gasteiger partial charge in [-0.1, -0.05) is 60.7 Å². The van der Waals surface area contributed by atoms with Gasteiger partial charge in [0.25, 0.3) is 5.91 Å². The van der Waals surface area contributed by atoms with E-state index < -0.39 is 0 Å². The van der Waals surface area contributed by atoms with Gasteiger partial charge < -0.3 is 10.1 Å². The van der Waals surface area contributed by atoms with Crippen molar-refractivity contribution in [3.8, 4) is 5.75 Å². The highest BCUT2D eigenvalue weighted by Gasteiger charge is 2.09. The topological polar surface area (TPSA) is 38.3 Å². The number of aryl methyl sites for hydroxylation is 2. The van der Waals surface area contributed by atoms with Crippen molar-refractivity contribution in [2.24, 2.45) is 0 Å². The summed E-state index contributed by atoms with van der Waals surface area (Å²) in [7, 11) is 0. The van der Waals surface area contributed by atoms with Crippen LogP contribution in [-0.4, -0.2) is 12.5 Å².